The second kappa shape index (κ2) is 7.00. The van der Waals surface area contributed by atoms with Crippen LogP contribution in [0.15, 0.2) is 24.4 Å². The molecule has 0 bridgehead atoms. The molecule has 1 aromatic heterocycles. The van der Waals surface area contributed by atoms with Gasteiger partial charge in [0.2, 0.25) is 0 Å². The van der Waals surface area contributed by atoms with Crippen molar-refractivity contribution in [3.63, 3.8) is 0 Å². The minimum absolute atomic E-state index is 0.0165. The van der Waals surface area contributed by atoms with Crippen molar-refractivity contribution in [2.24, 2.45) is 0 Å². The zero-order valence-electron chi connectivity index (χ0n) is 14.5. The number of aromatic hydroxyl groups is 2. The third-order valence-electron chi connectivity index (χ3n) is 5.49. The Morgan fingerprint density at radius 3 is 2.80 bits per heavy atom. The first-order valence-corrected chi connectivity index (χ1v) is 9.27. The lowest BCUT2D eigenvalue weighted by Crippen LogP contribution is -2.31. The van der Waals surface area contributed by atoms with Gasteiger partial charge in [-0.25, -0.2) is 9.97 Å². The molecule has 2 heterocycles. The first-order valence-electron chi connectivity index (χ1n) is 9.27. The standard InChI is InChI=1S/C20H25N3O2/c24-18-8-4-7-15(19(18)25)12-23-10-9-17-16(13-23)11-21-20(22-17)14-5-2-1-3-6-14/h4,7-8,11,14,24-25H,1-3,5-6,9-10,12-13H2. The highest BCUT2D eigenvalue weighted by atomic mass is 16.3. The number of phenolic OH excluding ortho intramolecular Hbond substituents is 2. The molecule has 0 saturated heterocycles. The van der Waals surface area contributed by atoms with Gasteiger partial charge in [-0.3, -0.25) is 4.90 Å². The molecule has 1 saturated carbocycles. The number of phenols is 2. The molecule has 2 N–H and O–H groups in total. The second-order valence-electron chi connectivity index (χ2n) is 7.28. The van der Waals surface area contributed by atoms with Crippen LogP contribution in [0.4, 0.5) is 0 Å². The van der Waals surface area contributed by atoms with Crippen LogP contribution in [-0.4, -0.2) is 31.6 Å². The van der Waals surface area contributed by atoms with Crippen LogP contribution in [0.1, 0.15) is 60.7 Å². The molecule has 1 fully saturated rings. The number of hydrogen-bond acceptors (Lipinski definition) is 5. The average molecular weight is 339 g/mol. The van der Waals surface area contributed by atoms with E-state index in [1.54, 1.807) is 6.07 Å². The van der Waals surface area contributed by atoms with Crippen LogP contribution in [0.25, 0.3) is 0 Å². The highest BCUT2D eigenvalue weighted by Crippen LogP contribution is 2.32. The van der Waals surface area contributed by atoms with Crippen molar-refractivity contribution in [1.82, 2.24) is 14.9 Å². The first-order chi connectivity index (χ1) is 12.2. The molecule has 1 aromatic carbocycles. The van der Waals surface area contributed by atoms with E-state index in [9.17, 15) is 10.2 Å². The van der Waals surface area contributed by atoms with Crippen molar-refractivity contribution in [3.05, 3.63) is 47.0 Å². The van der Waals surface area contributed by atoms with E-state index in [4.69, 9.17) is 4.98 Å². The SMILES string of the molecule is Oc1cccc(CN2CCc3nc(C4CCCCC4)ncc3C2)c1O. The topological polar surface area (TPSA) is 69.5 Å². The average Bonchev–Trinajstić information content (AvgIpc) is 2.66. The van der Waals surface area contributed by atoms with Crippen molar-refractivity contribution in [1.29, 1.82) is 0 Å². The molecule has 1 aliphatic carbocycles. The molecule has 0 unspecified atom stereocenters. The molecule has 1 aliphatic heterocycles. The van der Waals surface area contributed by atoms with Gasteiger partial charge in [-0.1, -0.05) is 31.4 Å². The maximum atomic E-state index is 10.0. The van der Waals surface area contributed by atoms with Gasteiger partial charge in [0.25, 0.3) is 0 Å². The van der Waals surface area contributed by atoms with Gasteiger partial charge >= 0.3 is 0 Å². The molecule has 0 spiro atoms. The smallest absolute Gasteiger partial charge is 0.161 e. The summed E-state index contributed by atoms with van der Waals surface area (Å²) in [6.07, 6.45) is 9.30. The highest BCUT2D eigenvalue weighted by Gasteiger charge is 2.23. The van der Waals surface area contributed by atoms with Crippen molar-refractivity contribution >= 4 is 0 Å². The Morgan fingerprint density at radius 2 is 1.96 bits per heavy atom. The fourth-order valence-corrected chi connectivity index (χ4v) is 4.03. The minimum atomic E-state index is -0.0598. The van der Waals surface area contributed by atoms with E-state index in [1.165, 1.54) is 49.4 Å². The van der Waals surface area contributed by atoms with Crippen LogP contribution in [-0.2, 0) is 19.5 Å². The van der Waals surface area contributed by atoms with Gasteiger partial charge in [0.05, 0.1) is 0 Å². The predicted molar refractivity (Wildman–Crippen MR) is 95.4 cm³/mol. The van der Waals surface area contributed by atoms with Crippen LogP contribution in [0.3, 0.4) is 0 Å². The molecular formula is C20H25N3O2. The van der Waals surface area contributed by atoms with Crippen molar-refractivity contribution in [3.8, 4) is 11.5 Å². The third kappa shape index (κ3) is 3.47. The van der Waals surface area contributed by atoms with E-state index in [-0.39, 0.29) is 11.5 Å². The highest BCUT2D eigenvalue weighted by molar-refractivity contribution is 5.44. The number of hydrogen-bond donors (Lipinski definition) is 2. The molecule has 0 amide bonds. The van der Waals surface area contributed by atoms with Crippen LogP contribution in [0, 0.1) is 0 Å². The maximum absolute atomic E-state index is 10.0. The molecule has 0 atom stereocenters. The summed E-state index contributed by atoms with van der Waals surface area (Å²) in [5.74, 6) is 1.51. The molecule has 4 rings (SSSR count). The molecular weight excluding hydrogens is 314 g/mol. The number of fused-ring (bicyclic) bond motifs is 1. The Balaban J connectivity index is 1.47. The van der Waals surface area contributed by atoms with E-state index in [0.29, 0.717) is 12.5 Å². The Labute approximate surface area is 148 Å². The Bertz CT molecular complexity index is 757. The summed E-state index contributed by atoms with van der Waals surface area (Å²) < 4.78 is 0. The van der Waals surface area contributed by atoms with E-state index in [0.717, 1.165) is 30.9 Å². The predicted octanol–water partition coefficient (Wildman–Crippen LogP) is 3.49. The van der Waals surface area contributed by atoms with Crippen LogP contribution in [0.5, 0.6) is 11.5 Å². The normalized spacial score (nSPS) is 18.9. The number of para-hydroxylation sites is 1. The largest absolute Gasteiger partial charge is 0.504 e. The molecule has 2 aromatic rings. The summed E-state index contributed by atoms with van der Waals surface area (Å²) >= 11 is 0. The molecule has 5 heteroatoms. The maximum Gasteiger partial charge on any atom is 0.161 e. The lowest BCUT2D eigenvalue weighted by Gasteiger charge is -2.29. The van der Waals surface area contributed by atoms with Gasteiger partial charge in [0.1, 0.15) is 5.82 Å². The fourth-order valence-electron chi connectivity index (χ4n) is 4.03. The Hall–Kier alpha value is -2.14. The lowest BCUT2D eigenvalue weighted by molar-refractivity contribution is 0.238. The summed E-state index contributed by atoms with van der Waals surface area (Å²) in [6, 6.07) is 5.13. The van der Waals surface area contributed by atoms with Gasteiger partial charge < -0.3 is 10.2 Å². The summed E-state index contributed by atoms with van der Waals surface area (Å²) in [4.78, 5) is 11.8. The number of nitrogens with zero attached hydrogens (tertiary/aromatic N) is 3. The van der Waals surface area contributed by atoms with Crippen molar-refractivity contribution in [2.75, 3.05) is 6.54 Å². The lowest BCUT2D eigenvalue weighted by atomic mass is 9.88. The number of benzene rings is 1. The van der Waals surface area contributed by atoms with Crippen molar-refractivity contribution in [2.45, 2.75) is 57.5 Å². The van der Waals surface area contributed by atoms with E-state index >= 15 is 0 Å². The molecule has 25 heavy (non-hydrogen) atoms. The Morgan fingerprint density at radius 1 is 1.12 bits per heavy atom. The number of rotatable bonds is 3. The first kappa shape index (κ1) is 16.3. The summed E-state index contributed by atoms with van der Waals surface area (Å²) in [6.45, 7) is 2.31. The second-order valence-corrected chi connectivity index (χ2v) is 7.28. The summed E-state index contributed by atoms with van der Waals surface area (Å²) in [5.41, 5.74) is 3.13. The zero-order valence-corrected chi connectivity index (χ0v) is 14.5. The van der Waals surface area contributed by atoms with Gasteiger partial charge in [-0.05, 0) is 18.9 Å². The third-order valence-corrected chi connectivity index (χ3v) is 5.49. The summed E-state index contributed by atoms with van der Waals surface area (Å²) in [7, 11) is 0. The van der Waals surface area contributed by atoms with Gasteiger partial charge in [-0.15, -0.1) is 0 Å². The van der Waals surface area contributed by atoms with Gasteiger partial charge in [-0.2, -0.15) is 0 Å². The van der Waals surface area contributed by atoms with Crippen molar-refractivity contribution < 1.29 is 10.2 Å². The number of aromatic nitrogens is 2. The molecule has 2 aliphatic rings. The molecule has 0 radical (unpaired) electrons. The monoisotopic (exact) mass is 339 g/mol. The van der Waals surface area contributed by atoms with Crippen LogP contribution in [0.2, 0.25) is 0 Å². The van der Waals surface area contributed by atoms with Gasteiger partial charge in [0, 0.05) is 55.0 Å². The minimum Gasteiger partial charge on any atom is -0.504 e. The van der Waals surface area contributed by atoms with E-state index in [1.807, 2.05) is 12.3 Å². The van der Waals surface area contributed by atoms with Crippen LogP contribution >= 0.6 is 0 Å². The fraction of sp³-hybridized carbons (Fsp3) is 0.500. The Kier molecular flexibility index (Phi) is 4.57. The molecule has 132 valence electrons. The van der Waals surface area contributed by atoms with E-state index < -0.39 is 0 Å². The molecule has 5 nitrogen and oxygen atoms in total. The zero-order chi connectivity index (χ0) is 17.2. The summed E-state index contributed by atoms with van der Waals surface area (Å²) in [5, 5.41) is 19.7. The van der Waals surface area contributed by atoms with Crippen LogP contribution < -0.4 is 0 Å². The van der Waals surface area contributed by atoms with E-state index in [2.05, 4.69) is 9.88 Å². The van der Waals surface area contributed by atoms with Gasteiger partial charge in [0.15, 0.2) is 11.5 Å². The quantitative estimate of drug-likeness (QED) is 0.838.